The summed E-state index contributed by atoms with van der Waals surface area (Å²) >= 11 is 0. The average molecular weight is 187 g/mol. The van der Waals surface area contributed by atoms with Gasteiger partial charge in [-0.15, -0.1) is 0 Å². The number of halogens is 2. The van der Waals surface area contributed by atoms with Crippen LogP contribution < -0.4 is 10.5 Å². The second kappa shape index (κ2) is 4.18. The third-order valence-electron chi connectivity index (χ3n) is 1.63. The van der Waals surface area contributed by atoms with E-state index in [9.17, 15) is 8.78 Å². The van der Waals surface area contributed by atoms with Crippen LogP contribution in [-0.2, 0) is 0 Å². The molecule has 0 saturated heterocycles. The van der Waals surface area contributed by atoms with Gasteiger partial charge >= 0.3 is 6.61 Å². The Labute approximate surface area is 75.3 Å². The van der Waals surface area contributed by atoms with E-state index in [2.05, 4.69) is 4.74 Å². The van der Waals surface area contributed by atoms with E-state index in [4.69, 9.17) is 5.73 Å². The molecule has 0 saturated carbocycles. The van der Waals surface area contributed by atoms with E-state index in [0.29, 0.717) is 0 Å². The van der Waals surface area contributed by atoms with Crippen molar-refractivity contribution in [3.05, 3.63) is 29.8 Å². The van der Waals surface area contributed by atoms with Gasteiger partial charge in [-0.25, -0.2) is 0 Å². The summed E-state index contributed by atoms with van der Waals surface area (Å²) in [5, 5.41) is 0. The van der Waals surface area contributed by atoms with Gasteiger partial charge in [-0.3, -0.25) is 0 Å². The minimum absolute atomic E-state index is 0.0967. The van der Waals surface area contributed by atoms with E-state index in [1.165, 1.54) is 12.1 Å². The molecule has 0 amide bonds. The Morgan fingerprint density at radius 3 is 2.15 bits per heavy atom. The highest BCUT2D eigenvalue weighted by Crippen LogP contribution is 2.17. The largest absolute Gasteiger partial charge is 0.435 e. The van der Waals surface area contributed by atoms with Gasteiger partial charge in [0, 0.05) is 6.04 Å². The molecule has 0 aliphatic rings. The van der Waals surface area contributed by atoms with Gasteiger partial charge in [0.05, 0.1) is 0 Å². The van der Waals surface area contributed by atoms with Gasteiger partial charge in [0.25, 0.3) is 0 Å². The Kier molecular flexibility index (Phi) is 3.19. The number of hydrogen-bond acceptors (Lipinski definition) is 2. The molecule has 4 heteroatoms. The van der Waals surface area contributed by atoms with Crippen LogP contribution in [0, 0.1) is 0 Å². The molecule has 0 fully saturated rings. The molecule has 0 aliphatic carbocycles. The highest BCUT2D eigenvalue weighted by Gasteiger charge is 2.04. The first-order valence-corrected chi connectivity index (χ1v) is 3.90. The maximum Gasteiger partial charge on any atom is 0.387 e. The van der Waals surface area contributed by atoms with E-state index in [0.717, 1.165) is 5.56 Å². The lowest BCUT2D eigenvalue weighted by Gasteiger charge is -2.07. The van der Waals surface area contributed by atoms with Gasteiger partial charge in [0.2, 0.25) is 0 Å². The molecule has 2 N–H and O–H groups in total. The second-order valence-electron chi connectivity index (χ2n) is 2.74. The number of alkyl halides is 2. The van der Waals surface area contributed by atoms with Crippen molar-refractivity contribution in [3.8, 4) is 5.75 Å². The fraction of sp³-hybridized carbons (Fsp3) is 0.333. The van der Waals surface area contributed by atoms with Gasteiger partial charge in [-0.1, -0.05) is 12.1 Å². The standard InChI is InChI=1S/C9H11F2NO/c1-6(12)7-2-4-8(5-3-7)13-9(10)11/h2-6,9H,12H2,1H3/t6-/m0/s1. The predicted molar refractivity (Wildman–Crippen MR) is 45.7 cm³/mol. The van der Waals surface area contributed by atoms with Crippen LogP contribution in [0.15, 0.2) is 24.3 Å². The second-order valence-corrected chi connectivity index (χ2v) is 2.74. The van der Waals surface area contributed by atoms with Gasteiger partial charge in [0.1, 0.15) is 5.75 Å². The molecule has 0 heterocycles. The summed E-state index contributed by atoms with van der Waals surface area (Å²) in [5.74, 6) is 0.152. The van der Waals surface area contributed by atoms with Crippen molar-refractivity contribution < 1.29 is 13.5 Å². The average Bonchev–Trinajstić information content (AvgIpc) is 2.04. The third kappa shape index (κ3) is 2.99. The van der Waals surface area contributed by atoms with E-state index in [1.54, 1.807) is 12.1 Å². The van der Waals surface area contributed by atoms with Crippen LogP contribution in [-0.4, -0.2) is 6.61 Å². The molecule has 72 valence electrons. The lowest BCUT2D eigenvalue weighted by atomic mass is 10.1. The van der Waals surface area contributed by atoms with Crippen molar-refractivity contribution in [3.63, 3.8) is 0 Å². The predicted octanol–water partition coefficient (Wildman–Crippen LogP) is 2.31. The molecule has 2 nitrogen and oxygen atoms in total. The fourth-order valence-electron chi connectivity index (χ4n) is 0.953. The molecule has 0 unspecified atom stereocenters. The SMILES string of the molecule is C[C@H](N)c1ccc(OC(F)F)cc1. The Bertz CT molecular complexity index is 259. The molecule has 1 atom stereocenters. The van der Waals surface area contributed by atoms with Crippen LogP contribution in [0.1, 0.15) is 18.5 Å². The zero-order valence-electron chi connectivity index (χ0n) is 7.21. The van der Waals surface area contributed by atoms with Crippen LogP contribution in [0.2, 0.25) is 0 Å². The van der Waals surface area contributed by atoms with Crippen molar-refractivity contribution in [1.29, 1.82) is 0 Å². The van der Waals surface area contributed by atoms with Gasteiger partial charge in [0.15, 0.2) is 0 Å². The number of nitrogens with two attached hydrogens (primary N) is 1. The number of benzene rings is 1. The van der Waals surface area contributed by atoms with Crippen molar-refractivity contribution in [1.82, 2.24) is 0 Å². The number of ether oxygens (including phenoxy) is 1. The summed E-state index contributed by atoms with van der Waals surface area (Å²) in [7, 11) is 0. The quantitative estimate of drug-likeness (QED) is 0.788. The lowest BCUT2D eigenvalue weighted by Crippen LogP contribution is -2.05. The van der Waals surface area contributed by atoms with E-state index >= 15 is 0 Å². The first-order chi connectivity index (χ1) is 6.09. The maximum atomic E-state index is 11.7. The maximum absolute atomic E-state index is 11.7. The molecular formula is C9H11F2NO. The topological polar surface area (TPSA) is 35.2 Å². The molecule has 13 heavy (non-hydrogen) atoms. The highest BCUT2D eigenvalue weighted by atomic mass is 19.3. The summed E-state index contributed by atoms with van der Waals surface area (Å²) in [4.78, 5) is 0. The van der Waals surface area contributed by atoms with Gasteiger partial charge in [-0.2, -0.15) is 8.78 Å². The van der Waals surface area contributed by atoms with Crippen molar-refractivity contribution in [2.24, 2.45) is 5.73 Å². The Hall–Kier alpha value is -1.16. The Morgan fingerprint density at radius 2 is 1.77 bits per heavy atom. The Balaban J connectivity index is 2.70. The molecule has 1 rings (SSSR count). The van der Waals surface area contributed by atoms with Crippen molar-refractivity contribution in [2.75, 3.05) is 0 Å². The first-order valence-electron chi connectivity index (χ1n) is 3.90. The minimum Gasteiger partial charge on any atom is -0.435 e. The lowest BCUT2D eigenvalue weighted by molar-refractivity contribution is -0.0498. The molecule has 1 aromatic rings. The van der Waals surface area contributed by atoms with Crippen LogP contribution in [0.4, 0.5) is 8.78 Å². The molecule has 0 radical (unpaired) electrons. The summed E-state index contributed by atoms with van der Waals surface area (Å²) in [6.45, 7) is -0.954. The molecular weight excluding hydrogens is 176 g/mol. The molecule has 0 aliphatic heterocycles. The summed E-state index contributed by atoms with van der Waals surface area (Å²) in [5.41, 5.74) is 6.47. The number of hydrogen-bond donors (Lipinski definition) is 1. The van der Waals surface area contributed by atoms with Gasteiger partial charge in [-0.05, 0) is 24.6 Å². The van der Waals surface area contributed by atoms with E-state index in [-0.39, 0.29) is 11.8 Å². The van der Waals surface area contributed by atoms with E-state index in [1.807, 2.05) is 6.92 Å². The first kappa shape index (κ1) is 9.92. The van der Waals surface area contributed by atoms with Crippen LogP contribution in [0.25, 0.3) is 0 Å². The minimum atomic E-state index is -2.78. The van der Waals surface area contributed by atoms with Crippen LogP contribution in [0.3, 0.4) is 0 Å². The summed E-state index contributed by atoms with van der Waals surface area (Å²) in [6, 6.07) is 6.20. The van der Waals surface area contributed by atoms with Gasteiger partial charge < -0.3 is 10.5 Å². The van der Waals surface area contributed by atoms with Crippen LogP contribution >= 0.6 is 0 Å². The molecule has 0 spiro atoms. The summed E-state index contributed by atoms with van der Waals surface area (Å²) in [6.07, 6.45) is 0. The third-order valence-corrected chi connectivity index (χ3v) is 1.63. The molecule has 0 bridgehead atoms. The fourth-order valence-corrected chi connectivity index (χ4v) is 0.953. The zero-order valence-corrected chi connectivity index (χ0v) is 7.21. The number of rotatable bonds is 3. The molecule has 0 aromatic heterocycles. The van der Waals surface area contributed by atoms with Crippen LogP contribution in [0.5, 0.6) is 5.75 Å². The monoisotopic (exact) mass is 187 g/mol. The van der Waals surface area contributed by atoms with Crippen molar-refractivity contribution in [2.45, 2.75) is 19.6 Å². The zero-order chi connectivity index (χ0) is 9.84. The summed E-state index contributed by atoms with van der Waals surface area (Å²) < 4.78 is 27.6. The highest BCUT2D eigenvalue weighted by molar-refractivity contribution is 5.28. The smallest absolute Gasteiger partial charge is 0.387 e. The Morgan fingerprint density at radius 1 is 1.23 bits per heavy atom. The van der Waals surface area contributed by atoms with Crippen molar-refractivity contribution >= 4 is 0 Å². The normalized spacial score (nSPS) is 13.0. The van der Waals surface area contributed by atoms with E-state index < -0.39 is 6.61 Å². The molecule has 1 aromatic carbocycles.